The van der Waals surface area contributed by atoms with Gasteiger partial charge in [0, 0.05) is 36.9 Å². The number of hydrogen-bond acceptors (Lipinski definition) is 4. The Morgan fingerprint density at radius 3 is 2.00 bits per heavy atom. The van der Waals surface area contributed by atoms with E-state index in [4.69, 9.17) is 34.8 Å². The second kappa shape index (κ2) is 15.7. The average molecular weight is 687 g/mol. The molecule has 0 spiro atoms. The number of thioether (sulfide) groups is 1. The molecule has 0 heterocycles. The molecule has 1 unspecified atom stereocenters. The Hall–Kier alpha value is -4.53. The first kappa shape index (κ1) is 32.9. The van der Waals surface area contributed by atoms with Gasteiger partial charge in [0.25, 0.3) is 11.8 Å². The Balaban J connectivity index is 1.38. The number of halogens is 3. The smallest absolute Gasteiger partial charge is 0.272 e. The molecule has 6 nitrogen and oxygen atoms in total. The number of anilines is 2. The summed E-state index contributed by atoms with van der Waals surface area (Å²) in [4.78, 5) is 40.9. The Morgan fingerprint density at radius 2 is 1.30 bits per heavy atom. The molecule has 1 atom stereocenters. The van der Waals surface area contributed by atoms with E-state index in [0.717, 1.165) is 10.5 Å². The highest BCUT2D eigenvalue weighted by atomic mass is 35.5. The zero-order chi connectivity index (χ0) is 32.5. The minimum Gasteiger partial charge on any atom is -0.325 e. The Labute approximate surface area is 285 Å². The quantitative estimate of drug-likeness (QED) is 0.101. The van der Waals surface area contributed by atoms with Crippen LogP contribution >= 0.6 is 46.6 Å². The van der Waals surface area contributed by atoms with Gasteiger partial charge >= 0.3 is 0 Å². The summed E-state index contributed by atoms with van der Waals surface area (Å²) >= 11 is 20.0. The Morgan fingerprint density at radius 1 is 0.652 bits per heavy atom. The van der Waals surface area contributed by atoms with Crippen LogP contribution in [0.5, 0.6) is 0 Å². The lowest BCUT2D eigenvalue weighted by Gasteiger charge is -2.18. The van der Waals surface area contributed by atoms with Crippen LogP contribution in [0.3, 0.4) is 0 Å². The molecular weight excluding hydrogens is 661 g/mol. The second-order valence-electron chi connectivity index (χ2n) is 9.94. The maximum atomic E-state index is 13.6. The van der Waals surface area contributed by atoms with E-state index in [1.54, 1.807) is 91.0 Å². The largest absolute Gasteiger partial charge is 0.325 e. The molecule has 0 aromatic heterocycles. The van der Waals surface area contributed by atoms with E-state index in [2.05, 4.69) is 16.0 Å². The first-order valence-corrected chi connectivity index (χ1v) is 16.0. The van der Waals surface area contributed by atoms with Crippen LogP contribution in [0.4, 0.5) is 11.4 Å². The van der Waals surface area contributed by atoms with E-state index in [1.165, 1.54) is 17.8 Å². The van der Waals surface area contributed by atoms with Crippen molar-refractivity contribution in [2.45, 2.75) is 10.1 Å². The SMILES string of the molecule is O=C(Nc1cccc(SC(C(=O)Nc2cc(Cl)cc(Cl)c2)c2ccccc2)c1)/C(=C\c1ccccc1Cl)NC(=O)c1ccccc1. The van der Waals surface area contributed by atoms with Crippen LogP contribution in [0.2, 0.25) is 15.1 Å². The van der Waals surface area contributed by atoms with Crippen LogP contribution in [0.1, 0.15) is 26.7 Å². The molecule has 0 aliphatic heterocycles. The van der Waals surface area contributed by atoms with E-state index < -0.39 is 17.1 Å². The molecule has 5 rings (SSSR count). The summed E-state index contributed by atoms with van der Waals surface area (Å²) in [5.74, 6) is -1.28. The zero-order valence-electron chi connectivity index (χ0n) is 24.0. The summed E-state index contributed by atoms with van der Waals surface area (Å²) in [5.41, 5.74) is 2.67. The molecule has 0 aliphatic carbocycles. The normalized spacial score (nSPS) is 11.8. The molecule has 0 bridgehead atoms. The predicted molar refractivity (Wildman–Crippen MR) is 189 cm³/mol. The second-order valence-corrected chi connectivity index (χ2v) is 12.4. The third kappa shape index (κ3) is 9.02. The Bertz CT molecular complexity index is 1880. The van der Waals surface area contributed by atoms with Gasteiger partial charge in [0.2, 0.25) is 5.91 Å². The lowest BCUT2D eigenvalue weighted by Crippen LogP contribution is -2.30. The van der Waals surface area contributed by atoms with Crippen LogP contribution in [0.25, 0.3) is 6.08 Å². The maximum Gasteiger partial charge on any atom is 0.272 e. The highest BCUT2D eigenvalue weighted by molar-refractivity contribution is 8.00. The highest BCUT2D eigenvalue weighted by Crippen LogP contribution is 2.37. The molecule has 10 heteroatoms. The van der Waals surface area contributed by atoms with Crippen molar-refractivity contribution in [2.75, 3.05) is 10.6 Å². The Kier molecular flexibility index (Phi) is 11.2. The molecule has 3 amide bonds. The van der Waals surface area contributed by atoms with Gasteiger partial charge < -0.3 is 16.0 Å². The number of amides is 3. The molecule has 5 aromatic carbocycles. The van der Waals surface area contributed by atoms with E-state index in [1.807, 2.05) is 36.4 Å². The molecule has 0 aliphatic rings. The number of carbonyl (C=O) groups excluding carboxylic acids is 3. The van der Waals surface area contributed by atoms with Crippen LogP contribution in [0.15, 0.2) is 138 Å². The fraction of sp³-hybridized carbons (Fsp3) is 0.0278. The third-order valence-corrected chi connectivity index (χ3v) is 8.58. The first-order chi connectivity index (χ1) is 22.2. The van der Waals surface area contributed by atoms with Crippen molar-refractivity contribution < 1.29 is 14.4 Å². The summed E-state index contributed by atoms with van der Waals surface area (Å²) in [7, 11) is 0. The summed E-state index contributed by atoms with van der Waals surface area (Å²) in [5, 5.41) is 9.07. The molecule has 46 heavy (non-hydrogen) atoms. The first-order valence-electron chi connectivity index (χ1n) is 14.0. The zero-order valence-corrected chi connectivity index (χ0v) is 27.1. The maximum absolute atomic E-state index is 13.6. The molecule has 5 aromatic rings. The lowest BCUT2D eigenvalue weighted by molar-refractivity contribution is -0.116. The standard InChI is InChI=1S/C36H26Cl3N3O3S/c37-26-19-27(38)21-29(20-26)41-36(45)33(23-10-3-1-4-11-23)46-30-16-9-15-28(22-30)40-35(44)32(18-25-14-7-8-17-31(25)39)42-34(43)24-12-5-2-6-13-24/h1-22,33H,(H,40,44)(H,41,45)(H,42,43)/b32-18+. The van der Waals surface area contributed by atoms with Crippen LogP contribution in [0, 0.1) is 0 Å². The van der Waals surface area contributed by atoms with Crippen molar-refractivity contribution in [1.82, 2.24) is 5.32 Å². The number of rotatable bonds is 10. The van der Waals surface area contributed by atoms with E-state index in [-0.39, 0.29) is 11.6 Å². The van der Waals surface area contributed by atoms with E-state index in [9.17, 15) is 14.4 Å². The van der Waals surface area contributed by atoms with Crippen LogP contribution < -0.4 is 16.0 Å². The molecule has 3 N–H and O–H groups in total. The average Bonchev–Trinajstić information content (AvgIpc) is 3.04. The number of benzene rings is 5. The minimum atomic E-state index is -0.647. The summed E-state index contributed by atoms with van der Waals surface area (Å²) in [6, 6.07) is 36.9. The van der Waals surface area contributed by atoms with Crippen molar-refractivity contribution >= 4 is 81.7 Å². The molecule has 0 radical (unpaired) electrons. The molecule has 0 saturated heterocycles. The summed E-state index contributed by atoms with van der Waals surface area (Å²) in [6.45, 7) is 0. The van der Waals surface area contributed by atoms with Crippen molar-refractivity contribution in [3.8, 4) is 0 Å². The molecule has 230 valence electrons. The van der Waals surface area contributed by atoms with Gasteiger partial charge in [0.1, 0.15) is 10.9 Å². The molecule has 0 fully saturated rings. The van der Waals surface area contributed by atoms with Crippen LogP contribution in [-0.2, 0) is 9.59 Å². The van der Waals surface area contributed by atoms with Gasteiger partial charge in [-0.25, -0.2) is 0 Å². The van der Waals surface area contributed by atoms with Crippen LogP contribution in [-0.4, -0.2) is 17.7 Å². The fourth-order valence-electron chi connectivity index (χ4n) is 4.41. The van der Waals surface area contributed by atoms with Gasteiger partial charge in [-0.15, -0.1) is 11.8 Å². The molecular formula is C36H26Cl3N3O3S. The third-order valence-electron chi connectivity index (χ3n) is 6.55. The van der Waals surface area contributed by atoms with Gasteiger partial charge in [-0.05, 0) is 71.8 Å². The fourth-order valence-corrected chi connectivity index (χ4v) is 6.21. The van der Waals surface area contributed by atoms with Crippen molar-refractivity contribution in [2.24, 2.45) is 0 Å². The molecule has 0 saturated carbocycles. The summed E-state index contributed by atoms with van der Waals surface area (Å²) < 4.78 is 0. The highest BCUT2D eigenvalue weighted by Gasteiger charge is 2.23. The van der Waals surface area contributed by atoms with Gasteiger partial charge in [0.15, 0.2) is 0 Å². The predicted octanol–water partition coefficient (Wildman–Crippen LogP) is 9.53. The number of nitrogens with one attached hydrogen (secondary N) is 3. The van der Waals surface area contributed by atoms with Gasteiger partial charge in [0.05, 0.1) is 0 Å². The van der Waals surface area contributed by atoms with Crippen molar-refractivity contribution in [3.05, 3.63) is 165 Å². The summed E-state index contributed by atoms with van der Waals surface area (Å²) in [6.07, 6.45) is 1.52. The van der Waals surface area contributed by atoms with Crippen molar-refractivity contribution in [3.63, 3.8) is 0 Å². The number of hydrogen-bond donors (Lipinski definition) is 3. The van der Waals surface area contributed by atoms with Gasteiger partial charge in [-0.1, -0.05) is 108 Å². The number of carbonyl (C=O) groups is 3. The minimum absolute atomic E-state index is 0.00160. The van der Waals surface area contributed by atoms with E-state index in [0.29, 0.717) is 37.6 Å². The van der Waals surface area contributed by atoms with Gasteiger partial charge in [-0.3, -0.25) is 14.4 Å². The van der Waals surface area contributed by atoms with Crippen molar-refractivity contribution in [1.29, 1.82) is 0 Å². The van der Waals surface area contributed by atoms with E-state index >= 15 is 0 Å². The van der Waals surface area contributed by atoms with Gasteiger partial charge in [-0.2, -0.15) is 0 Å². The monoisotopic (exact) mass is 685 g/mol. The topological polar surface area (TPSA) is 87.3 Å². The lowest BCUT2D eigenvalue weighted by atomic mass is 10.1.